The quantitative estimate of drug-likeness (QED) is 0.722. The van der Waals surface area contributed by atoms with Gasteiger partial charge in [-0.05, 0) is 30.7 Å². The van der Waals surface area contributed by atoms with Crippen molar-refractivity contribution >= 4 is 10.9 Å². The second kappa shape index (κ2) is 3.04. The molecule has 1 heterocycles. The Morgan fingerprint density at radius 3 is 2.64 bits per heavy atom. The maximum atomic E-state index is 12.8. The van der Waals surface area contributed by atoms with Gasteiger partial charge in [0, 0.05) is 10.9 Å². The first-order chi connectivity index (χ1) is 6.59. The minimum atomic E-state index is -2.55. The smallest absolute Gasteiger partial charge is 0.278 e. The SMILES string of the molecule is Cc1c(C(F)F)[nH]c2ccc(F)cc12. The van der Waals surface area contributed by atoms with E-state index in [0.29, 0.717) is 16.5 Å². The molecule has 1 N–H and O–H groups in total. The van der Waals surface area contributed by atoms with E-state index in [0.717, 1.165) is 0 Å². The van der Waals surface area contributed by atoms with Gasteiger partial charge in [-0.15, -0.1) is 0 Å². The fraction of sp³-hybridized carbons (Fsp3) is 0.200. The van der Waals surface area contributed by atoms with Gasteiger partial charge in [0.2, 0.25) is 0 Å². The van der Waals surface area contributed by atoms with E-state index in [1.54, 1.807) is 6.92 Å². The zero-order valence-electron chi connectivity index (χ0n) is 7.44. The Balaban J connectivity index is 2.74. The first-order valence-corrected chi connectivity index (χ1v) is 4.15. The molecule has 74 valence electrons. The number of aromatic nitrogens is 1. The number of aryl methyl sites for hydroxylation is 1. The Morgan fingerprint density at radius 1 is 1.29 bits per heavy atom. The van der Waals surface area contributed by atoms with Crippen LogP contribution in [0.5, 0.6) is 0 Å². The van der Waals surface area contributed by atoms with E-state index in [-0.39, 0.29) is 5.69 Å². The van der Waals surface area contributed by atoms with Crippen molar-refractivity contribution in [2.45, 2.75) is 13.3 Å². The number of aromatic amines is 1. The van der Waals surface area contributed by atoms with Crippen LogP contribution in [-0.4, -0.2) is 4.98 Å². The van der Waals surface area contributed by atoms with Gasteiger partial charge in [-0.1, -0.05) is 0 Å². The van der Waals surface area contributed by atoms with E-state index >= 15 is 0 Å². The first kappa shape index (κ1) is 9.12. The second-order valence-corrected chi connectivity index (χ2v) is 3.15. The van der Waals surface area contributed by atoms with Gasteiger partial charge in [-0.25, -0.2) is 13.2 Å². The number of fused-ring (bicyclic) bond motifs is 1. The molecule has 0 saturated heterocycles. The van der Waals surface area contributed by atoms with Crippen molar-refractivity contribution in [2.24, 2.45) is 0 Å². The summed E-state index contributed by atoms with van der Waals surface area (Å²) in [5.74, 6) is -0.416. The van der Waals surface area contributed by atoms with Crippen molar-refractivity contribution in [3.8, 4) is 0 Å². The Hall–Kier alpha value is -1.45. The fourth-order valence-corrected chi connectivity index (χ4v) is 1.54. The molecule has 2 aromatic rings. The van der Waals surface area contributed by atoms with E-state index in [2.05, 4.69) is 4.98 Å². The summed E-state index contributed by atoms with van der Waals surface area (Å²) in [6.45, 7) is 1.56. The highest BCUT2D eigenvalue weighted by Crippen LogP contribution is 2.28. The van der Waals surface area contributed by atoms with E-state index in [1.165, 1.54) is 18.2 Å². The van der Waals surface area contributed by atoms with Gasteiger partial charge in [0.1, 0.15) is 5.82 Å². The van der Waals surface area contributed by atoms with Crippen LogP contribution in [0.15, 0.2) is 18.2 Å². The Labute approximate surface area is 78.5 Å². The fourth-order valence-electron chi connectivity index (χ4n) is 1.54. The summed E-state index contributed by atoms with van der Waals surface area (Å²) in [5, 5.41) is 0.514. The van der Waals surface area contributed by atoms with Crippen molar-refractivity contribution in [2.75, 3.05) is 0 Å². The van der Waals surface area contributed by atoms with Crippen LogP contribution < -0.4 is 0 Å². The summed E-state index contributed by atoms with van der Waals surface area (Å²) in [6, 6.07) is 3.96. The summed E-state index contributed by atoms with van der Waals surface area (Å²) in [7, 11) is 0. The maximum Gasteiger partial charge on any atom is 0.278 e. The molecule has 14 heavy (non-hydrogen) atoms. The van der Waals surface area contributed by atoms with Crippen molar-refractivity contribution in [1.29, 1.82) is 0 Å². The molecule has 0 aliphatic rings. The Bertz CT molecular complexity index is 473. The third-order valence-electron chi connectivity index (χ3n) is 2.28. The van der Waals surface area contributed by atoms with E-state index in [9.17, 15) is 13.2 Å². The molecule has 0 fully saturated rings. The molecule has 2 rings (SSSR count). The van der Waals surface area contributed by atoms with Crippen LogP contribution in [0.3, 0.4) is 0 Å². The van der Waals surface area contributed by atoms with Crippen LogP contribution in [0.2, 0.25) is 0 Å². The summed E-state index contributed by atoms with van der Waals surface area (Å²) in [6.07, 6.45) is -2.55. The van der Waals surface area contributed by atoms with Crippen LogP contribution >= 0.6 is 0 Å². The lowest BCUT2D eigenvalue weighted by molar-refractivity contribution is 0.146. The molecule has 0 aliphatic heterocycles. The molecule has 0 saturated carbocycles. The number of rotatable bonds is 1. The topological polar surface area (TPSA) is 15.8 Å². The van der Waals surface area contributed by atoms with Gasteiger partial charge >= 0.3 is 0 Å². The minimum absolute atomic E-state index is 0.134. The predicted molar refractivity (Wildman–Crippen MR) is 48.0 cm³/mol. The van der Waals surface area contributed by atoms with Crippen LogP contribution in [0.1, 0.15) is 17.7 Å². The van der Waals surface area contributed by atoms with Gasteiger partial charge in [0.15, 0.2) is 0 Å². The average Bonchev–Trinajstić information content (AvgIpc) is 2.44. The Kier molecular flexibility index (Phi) is 1.98. The highest BCUT2D eigenvalue weighted by atomic mass is 19.3. The number of hydrogen-bond acceptors (Lipinski definition) is 0. The van der Waals surface area contributed by atoms with Gasteiger partial charge < -0.3 is 4.98 Å². The van der Waals surface area contributed by atoms with E-state index in [1.807, 2.05) is 0 Å². The predicted octanol–water partition coefficient (Wildman–Crippen LogP) is 3.55. The zero-order chi connectivity index (χ0) is 10.3. The summed E-state index contributed by atoms with van der Waals surface area (Å²) in [5.41, 5.74) is 0.819. The molecular formula is C10H8F3N. The van der Waals surface area contributed by atoms with Crippen LogP contribution in [0.4, 0.5) is 13.2 Å². The number of hydrogen-bond donors (Lipinski definition) is 1. The van der Waals surface area contributed by atoms with E-state index < -0.39 is 12.2 Å². The second-order valence-electron chi connectivity index (χ2n) is 3.15. The van der Waals surface area contributed by atoms with Crippen molar-refractivity contribution in [3.05, 3.63) is 35.3 Å². The molecule has 1 aromatic carbocycles. The molecule has 0 aliphatic carbocycles. The van der Waals surface area contributed by atoms with Crippen molar-refractivity contribution in [1.82, 2.24) is 4.98 Å². The lowest BCUT2D eigenvalue weighted by Crippen LogP contribution is -1.85. The monoisotopic (exact) mass is 199 g/mol. The highest BCUT2D eigenvalue weighted by Gasteiger charge is 2.15. The summed E-state index contributed by atoms with van der Waals surface area (Å²) >= 11 is 0. The molecule has 0 atom stereocenters. The molecule has 1 aromatic heterocycles. The minimum Gasteiger partial charge on any atom is -0.353 e. The maximum absolute atomic E-state index is 12.8. The molecule has 1 nitrogen and oxygen atoms in total. The third kappa shape index (κ3) is 1.27. The van der Waals surface area contributed by atoms with Gasteiger partial charge in [0.05, 0.1) is 5.69 Å². The van der Waals surface area contributed by atoms with Crippen LogP contribution in [0, 0.1) is 12.7 Å². The number of alkyl halides is 2. The number of benzene rings is 1. The molecule has 0 radical (unpaired) electrons. The van der Waals surface area contributed by atoms with Gasteiger partial charge in [-0.2, -0.15) is 0 Å². The molecule has 0 spiro atoms. The molecular weight excluding hydrogens is 191 g/mol. The van der Waals surface area contributed by atoms with Gasteiger partial charge in [0.25, 0.3) is 6.43 Å². The lowest BCUT2D eigenvalue weighted by Gasteiger charge is -1.95. The van der Waals surface area contributed by atoms with Crippen LogP contribution in [-0.2, 0) is 0 Å². The normalized spacial score (nSPS) is 11.5. The number of halogens is 3. The molecule has 0 unspecified atom stereocenters. The summed E-state index contributed by atoms with van der Waals surface area (Å²) < 4.78 is 37.7. The highest BCUT2D eigenvalue weighted by molar-refractivity contribution is 5.84. The molecule has 0 bridgehead atoms. The largest absolute Gasteiger partial charge is 0.353 e. The molecule has 0 amide bonds. The zero-order valence-corrected chi connectivity index (χ0v) is 7.44. The Morgan fingerprint density at radius 2 is 2.00 bits per heavy atom. The number of nitrogens with one attached hydrogen (secondary N) is 1. The van der Waals surface area contributed by atoms with E-state index in [4.69, 9.17) is 0 Å². The van der Waals surface area contributed by atoms with Crippen LogP contribution in [0.25, 0.3) is 10.9 Å². The van der Waals surface area contributed by atoms with Crippen molar-refractivity contribution < 1.29 is 13.2 Å². The van der Waals surface area contributed by atoms with Crippen molar-refractivity contribution in [3.63, 3.8) is 0 Å². The number of H-pyrrole nitrogens is 1. The standard InChI is InChI=1S/C10H8F3N/c1-5-7-4-6(11)2-3-8(7)14-9(5)10(12)13/h2-4,10,14H,1H3. The third-order valence-corrected chi connectivity index (χ3v) is 2.28. The summed E-state index contributed by atoms with van der Waals surface area (Å²) in [4.78, 5) is 2.57. The lowest BCUT2D eigenvalue weighted by atomic mass is 10.1. The first-order valence-electron chi connectivity index (χ1n) is 4.15. The average molecular weight is 199 g/mol. The van der Waals surface area contributed by atoms with Gasteiger partial charge in [-0.3, -0.25) is 0 Å². The molecule has 4 heteroatoms.